The van der Waals surface area contributed by atoms with E-state index in [1.165, 1.54) is 35.6 Å². The minimum absolute atomic E-state index is 0.104. The number of rotatable bonds is 8. The second-order valence-corrected chi connectivity index (χ2v) is 11.3. The molecule has 0 saturated heterocycles. The quantitative estimate of drug-likeness (QED) is 0.237. The Bertz CT molecular complexity index is 1550. The highest BCUT2D eigenvalue weighted by Gasteiger charge is 2.39. The number of aliphatic hydroxyl groups is 1. The van der Waals surface area contributed by atoms with Gasteiger partial charge in [0.1, 0.15) is 27.8 Å². The van der Waals surface area contributed by atoms with E-state index in [1.54, 1.807) is 18.2 Å². The van der Waals surface area contributed by atoms with E-state index in [4.69, 9.17) is 9.26 Å². The number of halogens is 3. The number of aromatic nitrogens is 2. The summed E-state index contributed by atoms with van der Waals surface area (Å²) in [7, 11) is 0. The zero-order chi connectivity index (χ0) is 28.1. The molecule has 0 aliphatic heterocycles. The molecule has 2 saturated carbocycles. The molecule has 0 bridgehead atoms. The van der Waals surface area contributed by atoms with Gasteiger partial charge in [0.05, 0.1) is 28.5 Å². The summed E-state index contributed by atoms with van der Waals surface area (Å²) in [5.74, 6) is -0.599. The monoisotopic (exact) mass is 574 g/mol. The number of fused-ring (bicyclic) bond motifs is 1. The Kier molecular flexibility index (Phi) is 6.79. The first-order valence-corrected chi connectivity index (χ1v) is 13.7. The zero-order valence-corrected chi connectivity index (χ0v) is 21.9. The number of hydrogen-bond acceptors (Lipinski definition) is 8. The van der Waals surface area contributed by atoms with Gasteiger partial charge >= 0.3 is 12.3 Å². The Labute approximate surface area is 230 Å². The number of carboxylic acids is 1. The van der Waals surface area contributed by atoms with Crippen molar-refractivity contribution in [2.45, 2.75) is 69.1 Å². The Hall–Kier alpha value is -3.48. The van der Waals surface area contributed by atoms with Gasteiger partial charge in [-0.25, -0.2) is 9.78 Å². The highest BCUT2D eigenvalue weighted by molar-refractivity contribution is 7.18. The summed E-state index contributed by atoms with van der Waals surface area (Å²) in [6.07, 6.45) is -1.33. The van der Waals surface area contributed by atoms with E-state index in [0.717, 1.165) is 12.8 Å². The molecule has 0 unspecified atom stereocenters. The van der Waals surface area contributed by atoms with Crippen LogP contribution in [0.5, 0.6) is 5.75 Å². The molecule has 2 aliphatic rings. The Morgan fingerprint density at radius 2 is 1.88 bits per heavy atom. The topological polar surface area (TPSA) is 115 Å². The SMILES string of the molecule is O=C(O)c1ccc2nc([C@]3(O)CC[C@@H](OCc4c(-c5ccccc5OC(F)(F)F)noc4C4CC4)CC3)sc2c1. The van der Waals surface area contributed by atoms with Crippen molar-refractivity contribution in [3.8, 4) is 17.0 Å². The van der Waals surface area contributed by atoms with Gasteiger partial charge in [-0.15, -0.1) is 24.5 Å². The average Bonchev–Trinajstić information content (AvgIpc) is 3.52. The normalized spacial score (nSPS) is 21.6. The van der Waals surface area contributed by atoms with Crippen LogP contribution in [0.3, 0.4) is 0 Å². The molecule has 0 spiro atoms. The number of hydrogen-bond donors (Lipinski definition) is 2. The maximum atomic E-state index is 13.0. The second-order valence-electron chi connectivity index (χ2n) is 10.2. The molecule has 12 heteroatoms. The van der Waals surface area contributed by atoms with Crippen molar-refractivity contribution in [1.29, 1.82) is 0 Å². The summed E-state index contributed by atoms with van der Waals surface area (Å²) in [6.45, 7) is 0.104. The smallest absolute Gasteiger partial charge is 0.478 e. The molecule has 2 heterocycles. The standard InChI is InChI=1S/C28H25F3N2O6S/c29-28(30,31)38-21-4-2-1-3-18(21)23-19(24(39-33-23)15-5-6-15)14-37-17-9-11-27(36,12-10-17)26-32-20-8-7-16(25(34)35)13-22(20)40-26/h1-4,7-8,13,15,17,36H,5-6,9-12,14H2,(H,34,35)/t17-,27+. The summed E-state index contributed by atoms with van der Waals surface area (Å²) in [6, 6.07) is 10.5. The molecule has 0 amide bonds. The fourth-order valence-corrected chi connectivity index (χ4v) is 6.27. The predicted molar refractivity (Wildman–Crippen MR) is 138 cm³/mol. The van der Waals surface area contributed by atoms with Crippen LogP contribution in [0.1, 0.15) is 71.1 Å². The highest BCUT2D eigenvalue weighted by atomic mass is 32.1. The number of aromatic carboxylic acids is 1. The third-order valence-electron chi connectivity index (χ3n) is 7.39. The summed E-state index contributed by atoms with van der Waals surface area (Å²) in [5.41, 5.74) is 0.708. The maximum Gasteiger partial charge on any atom is 0.573 e. The van der Waals surface area contributed by atoms with Crippen LogP contribution in [0, 0.1) is 0 Å². The molecule has 8 nitrogen and oxygen atoms in total. The van der Waals surface area contributed by atoms with E-state index in [1.807, 2.05) is 0 Å². The number of benzene rings is 2. The van der Waals surface area contributed by atoms with E-state index >= 15 is 0 Å². The summed E-state index contributed by atoms with van der Waals surface area (Å²) < 4.78 is 55.8. The number of carbonyl (C=O) groups is 1. The third kappa shape index (κ3) is 5.43. The molecule has 2 fully saturated rings. The van der Waals surface area contributed by atoms with Gasteiger partial charge in [0.2, 0.25) is 0 Å². The fraction of sp³-hybridized carbons (Fsp3) is 0.393. The Balaban J connectivity index is 1.17. The second kappa shape index (κ2) is 10.2. The predicted octanol–water partition coefficient (Wildman–Crippen LogP) is 6.77. The molecule has 2 N–H and O–H groups in total. The van der Waals surface area contributed by atoms with Crippen LogP contribution in [-0.4, -0.2) is 38.8 Å². The molecule has 6 rings (SSSR count). The number of alkyl halides is 3. The van der Waals surface area contributed by atoms with Crippen LogP contribution >= 0.6 is 11.3 Å². The number of carboxylic acid groups (broad SMARTS) is 1. The van der Waals surface area contributed by atoms with Crippen molar-refractivity contribution < 1.29 is 42.2 Å². The minimum Gasteiger partial charge on any atom is -0.478 e. The number of thiazole rings is 1. The van der Waals surface area contributed by atoms with Gasteiger partial charge in [-0.05, 0) is 68.9 Å². The van der Waals surface area contributed by atoms with Crippen molar-refractivity contribution in [3.05, 3.63) is 64.4 Å². The first kappa shape index (κ1) is 26.7. The van der Waals surface area contributed by atoms with Gasteiger partial charge < -0.3 is 24.2 Å². The lowest BCUT2D eigenvalue weighted by Gasteiger charge is -2.34. The van der Waals surface area contributed by atoms with Crippen LogP contribution in [0.2, 0.25) is 0 Å². The van der Waals surface area contributed by atoms with Crippen molar-refractivity contribution in [2.24, 2.45) is 0 Å². The van der Waals surface area contributed by atoms with Crippen molar-refractivity contribution >= 4 is 27.5 Å². The van der Waals surface area contributed by atoms with E-state index < -0.39 is 17.9 Å². The van der Waals surface area contributed by atoms with E-state index in [0.29, 0.717) is 52.2 Å². The van der Waals surface area contributed by atoms with Gasteiger partial charge in [-0.2, -0.15) is 0 Å². The molecule has 0 atom stereocenters. The molecule has 0 radical (unpaired) electrons. The molecule has 2 aromatic carbocycles. The largest absolute Gasteiger partial charge is 0.573 e. The van der Waals surface area contributed by atoms with Gasteiger partial charge in [-0.1, -0.05) is 17.3 Å². The zero-order valence-electron chi connectivity index (χ0n) is 21.1. The van der Waals surface area contributed by atoms with Crippen molar-refractivity contribution in [1.82, 2.24) is 10.1 Å². The number of ether oxygens (including phenoxy) is 2. The van der Waals surface area contributed by atoms with Crippen molar-refractivity contribution in [3.63, 3.8) is 0 Å². The average molecular weight is 575 g/mol. The molecule has 2 aliphatic carbocycles. The van der Waals surface area contributed by atoms with Crippen molar-refractivity contribution in [2.75, 3.05) is 0 Å². The van der Waals surface area contributed by atoms with Crippen LogP contribution in [-0.2, 0) is 16.9 Å². The lowest BCUT2D eigenvalue weighted by molar-refractivity contribution is -0.274. The fourth-order valence-electron chi connectivity index (χ4n) is 5.12. The Morgan fingerprint density at radius 3 is 2.58 bits per heavy atom. The summed E-state index contributed by atoms with van der Waals surface area (Å²) in [5, 5.41) is 25.3. The van der Waals surface area contributed by atoms with Gasteiger partial charge in [0.15, 0.2) is 0 Å². The number of nitrogens with zero attached hydrogens (tertiary/aromatic N) is 2. The molecular formula is C28H25F3N2O6S. The van der Waals surface area contributed by atoms with E-state index in [2.05, 4.69) is 14.9 Å². The lowest BCUT2D eigenvalue weighted by Crippen LogP contribution is -2.34. The molecule has 40 heavy (non-hydrogen) atoms. The van der Waals surface area contributed by atoms with E-state index in [9.17, 15) is 28.2 Å². The molecular weight excluding hydrogens is 549 g/mol. The maximum absolute atomic E-state index is 13.0. The van der Waals surface area contributed by atoms with Gasteiger partial charge in [0.25, 0.3) is 0 Å². The summed E-state index contributed by atoms with van der Waals surface area (Å²) in [4.78, 5) is 15.9. The first-order valence-electron chi connectivity index (χ1n) is 12.9. The third-order valence-corrected chi connectivity index (χ3v) is 8.60. The van der Waals surface area contributed by atoms with Crippen LogP contribution in [0.15, 0.2) is 47.0 Å². The van der Waals surface area contributed by atoms with Crippen LogP contribution in [0.25, 0.3) is 21.5 Å². The van der Waals surface area contributed by atoms with Gasteiger partial charge in [-0.3, -0.25) is 0 Å². The molecule has 4 aromatic rings. The highest BCUT2D eigenvalue weighted by Crippen LogP contribution is 2.46. The Morgan fingerprint density at radius 1 is 1.12 bits per heavy atom. The lowest BCUT2D eigenvalue weighted by atomic mass is 9.83. The van der Waals surface area contributed by atoms with Crippen LogP contribution in [0.4, 0.5) is 13.2 Å². The number of para-hydroxylation sites is 1. The minimum atomic E-state index is -4.85. The first-order chi connectivity index (χ1) is 19.1. The summed E-state index contributed by atoms with van der Waals surface area (Å²) >= 11 is 1.29. The molecule has 2 aromatic heterocycles. The molecule has 210 valence electrons. The van der Waals surface area contributed by atoms with Crippen LogP contribution < -0.4 is 4.74 Å². The van der Waals surface area contributed by atoms with E-state index in [-0.39, 0.29) is 41.2 Å². The van der Waals surface area contributed by atoms with Gasteiger partial charge in [0, 0.05) is 17.0 Å².